The van der Waals surface area contributed by atoms with Gasteiger partial charge in [0.05, 0.1) is 18.4 Å². The van der Waals surface area contributed by atoms with E-state index in [1.165, 1.54) is 5.56 Å². The maximum atomic E-state index is 4.45. The highest BCUT2D eigenvalue weighted by molar-refractivity contribution is 7.08. The quantitative estimate of drug-likeness (QED) is 0.866. The van der Waals surface area contributed by atoms with Gasteiger partial charge in [0.1, 0.15) is 5.82 Å². The van der Waals surface area contributed by atoms with E-state index in [4.69, 9.17) is 0 Å². The third-order valence-corrected chi connectivity index (χ3v) is 3.73. The number of nitrogens with zero attached hydrogens (tertiary/aromatic N) is 2. The van der Waals surface area contributed by atoms with Crippen LogP contribution in [0.3, 0.4) is 0 Å². The topological polar surface area (TPSA) is 44.0 Å². The molecule has 0 radical (unpaired) electrons. The van der Waals surface area contributed by atoms with Gasteiger partial charge >= 0.3 is 0 Å². The van der Waals surface area contributed by atoms with Crippen LogP contribution >= 0.6 is 11.3 Å². The van der Waals surface area contributed by atoms with Crippen molar-refractivity contribution in [3.05, 3.63) is 28.8 Å². The largest absolute Gasteiger partial charge is 0.341 e. The molecule has 1 fully saturated rings. The molecule has 0 unspecified atom stereocenters. The van der Waals surface area contributed by atoms with Crippen LogP contribution in [0, 0.1) is 0 Å². The van der Waals surface area contributed by atoms with Crippen LogP contribution in [0.2, 0.25) is 0 Å². The molecule has 2 aromatic heterocycles. The lowest BCUT2D eigenvalue weighted by Gasteiger charge is -2.26. The summed E-state index contributed by atoms with van der Waals surface area (Å²) in [5, 5.41) is 7.59. The number of piperazine rings is 1. The van der Waals surface area contributed by atoms with Crippen molar-refractivity contribution < 1.29 is 0 Å². The van der Waals surface area contributed by atoms with E-state index in [9.17, 15) is 0 Å². The summed E-state index contributed by atoms with van der Waals surface area (Å²) in [6.07, 6.45) is 1.93. The first-order valence-corrected chi connectivity index (χ1v) is 6.85. The summed E-state index contributed by atoms with van der Waals surface area (Å²) in [5.74, 6) is 1.06. The Morgan fingerprint density at radius 2 is 2.24 bits per heavy atom. The molecule has 2 aromatic rings. The Bertz CT molecular complexity index is 457. The smallest absolute Gasteiger partial charge is 0.120 e. The number of rotatable bonds is 3. The monoisotopic (exact) mass is 248 g/mol. The highest BCUT2D eigenvalue weighted by atomic mass is 32.1. The summed E-state index contributed by atoms with van der Waals surface area (Å²) in [4.78, 5) is 10.3. The second-order valence-electron chi connectivity index (χ2n) is 4.28. The van der Waals surface area contributed by atoms with Gasteiger partial charge < -0.3 is 10.3 Å². The van der Waals surface area contributed by atoms with E-state index in [2.05, 4.69) is 37.0 Å². The maximum absolute atomic E-state index is 4.45. The molecule has 3 rings (SSSR count). The Hall–Kier alpha value is -1.17. The molecular weight excluding hydrogens is 232 g/mol. The number of nitrogens with one attached hydrogen (secondary N) is 2. The van der Waals surface area contributed by atoms with Crippen LogP contribution in [0.15, 0.2) is 23.0 Å². The minimum atomic E-state index is 0.922. The normalized spacial score (nSPS) is 17.4. The number of thiophene rings is 1. The van der Waals surface area contributed by atoms with Crippen molar-refractivity contribution in [3.63, 3.8) is 0 Å². The van der Waals surface area contributed by atoms with E-state index in [0.29, 0.717) is 0 Å². The lowest BCUT2D eigenvalue weighted by molar-refractivity contribution is 0.228. The van der Waals surface area contributed by atoms with Gasteiger partial charge in [0, 0.05) is 37.1 Å². The second-order valence-corrected chi connectivity index (χ2v) is 5.06. The summed E-state index contributed by atoms with van der Waals surface area (Å²) in [7, 11) is 0. The molecule has 17 heavy (non-hydrogen) atoms. The second kappa shape index (κ2) is 5.00. The van der Waals surface area contributed by atoms with Gasteiger partial charge in [-0.05, 0) is 11.4 Å². The number of hydrogen-bond donors (Lipinski definition) is 2. The molecule has 90 valence electrons. The number of imidazole rings is 1. The van der Waals surface area contributed by atoms with Crippen molar-refractivity contribution in [1.29, 1.82) is 0 Å². The average Bonchev–Trinajstić information content (AvgIpc) is 3.00. The molecule has 1 saturated heterocycles. The van der Waals surface area contributed by atoms with Gasteiger partial charge in [-0.3, -0.25) is 4.90 Å². The predicted molar refractivity (Wildman–Crippen MR) is 70.0 cm³/mol. The van der Waals surface area contributed by atoms with Crippen LogP contribution in [-0.2, 0) is 6.54 Å². The summed E-state index contributed by atoms with van der Waals surface area (Å²) in [6.45, 7) is 5.30. The molecule has 4 nitrogen and oxygen atoms in total. The number of hydrogen-bond acceptors (Lipinski definition) is 4. The molecule has 0 amide bonds. The van der Waals surface area contributed by atoms with Crippen LogP contribution in [0.25, 0.3) is 11.3 Å². The molecule has 1 aliphatic rings. The third-order valence-electron chi connectivity index (χ3n) is 3.04. The Kier molecular flexibility index (Phi) is 3.22. The Morgan fingerprint density at radius 3 is 3.00 bits per heavy atom. The van der Waals surface area contributed by atoms with E-state index < -0.39 is 0 Å². The third kappa shape index (κ3) is 2.57. The van der Waals surface area contributed by atoms with Crippen molar-refractivity contribution in [2.24, 2.45) is 0 Å². The molecule has 3 heterocycles. The SMILES string of the molecule is c1cc(-c2cnc(CN3CCNCC3)[nH]2)cs1. The molecular formula is C12H16N4S. The highest BCUT2D eigenvalue weighted by Crippen LogP contribution is 2.20. The van der Waals surface area contributed by atoms with Gasteiger partial charge in [0.2, 0.25) is 0 Å². The van der Waals surface area contributed by atoms with E-state index >= 15 is 0 Å². The van der Waals surface area contributed by atoms with E-state index in [-0.39, 0.29) is 0 Å². The maximum Gasteiger partial charge on any atom is 0.120 e. The molecule has 5 heteroatoms. The highest BCUT2D eigenvalue weighted by Gasteiger charge is 2.12. The summed E-state index contributed by atoms with van der Waals surface area (Å²) >= 11 is 1.71. The Morgan fingerprint density at radius 1 is 1.35 bits per heavy atom. The minimum absolute atomic E-state index is 0.922. The molecule has 0 aromatic carbocycles. The zero-order valence-corrected chi connectivity index (χ0v) is 10.5. The van der Waals surface area contributed by atoms with Crippen molar-refractivity contribution >= 4 is 11.3 Å². The van der Waals surface area contributed by atoms with Crippen molar-refractivity contribution in [1.82, 2.24) is 20.2 Å². The first kappa shape index (κ1) is 11.0. The molecule has 0 aliphatic carbocycles. The predicted octanol–water partition coefficient (Wildman–Crippen LogP) is 1.54. The fourth-order valence-electron chi connectivity index (χ4n) is 2.09. The van der Waals surface area contributed by atoms with Crippen LogP contribution < -0.4 is 5.32 Å². The summed E-state index contributed by atoms with van der Waals surface area (Å²) < 4.78 is 0. The number of aromatic amines is 1. The van der Waals surface area contributed by atoms with Gasteiger partial charge in [0.25, 0.3) is 0 Å². The summed E-state index contributed by atoms with van der Waals surface area (Å²) in [5.41, 5.74) is 2.35. The van der Waals surface area contributed by atoms with E-state index in [1.807, 2.05) is 6.20 Å². The summed E-state index contributed by atoms with van der Waals surface area (Å²) in [6, 6.07) is 2.12. The molecule has 1 aliphatic heterocycles. The van der Waals surface area contributed by atoms with Gasteiger partial charge in [-0.25, -0.2) is 4.98 Å². The Balaban J connectivity index is 1.68. The van der Waals surface area contributed by atoms with Gasteiger partial charge in [0.15, 0.2) is 0 Å². The first-order chi connectivity index (χ1) is 8.42. The average molecular weight is 248 g/mol. The van der Waals surface area contributed by atoms with Gasteiger partial charge in [-0.15, -0.1) is 0 Å². The number of aromatic nitrogens is 2. The van der Waals surface area contributed by atoms with Crippen LogP contribution in [0.4, 0.5) is 0 Å². The van der Waals surface area contributed by atoms with Crippen LogP contribution in [0.1, 0.15) is 5.82 Å². The lowest BCUT2D eigenvalue weighted by atomic mass is 10.3. The van der Waals surface area contributed by atoms with Gasteiger partial charge in [-0.2, -0.15) is 11.3 Å². The van der Waals surface area contributed by atoms with Gasteiger partial charge in [-0.1, -0.05) is 0 Å². The van der Waals surface area contributed by atoms with Crippen LogP contribution in [-0.4, -0.2) is 41.0 Å². The van der Waals surface area contributed by atoms with Crippen molar-refractivity contribution in [3.8, 4) is 11.3 Å². The first-order valence-electron chi connectivity index (χ1n) is 5.91. The Labute approximate surface area is 105 Å². The molecule has 0 spiro atoms. The van der Waals surface area contributed by atoms with E-state index in [1.54, 1.807) is 11.3 Å². The zero-order chi connectivity index (χ0) is 11.5. The zero-order valence-electron chi connectivity index (χ0n) is 9.65. The fraction of sp³-hybridized carbons (Fsp3) is 0.417. The standard InChI is InChI=1S/C12H16N4S/c1-6-17-9-10(1)11-7-14-12(15-11)8-16-4-2-13-3-5-16/h1,6-7,9,13H,2-5,8H2,(H,14,15). The molecule has 0 bridgehead atoms. The molecule has 0 atom stereocenters. The van der Waals surface area contributed by atoms with Crippen molar-refractivity contribution in [2.75, 3.05) is 26.2 Å². The van der Waals surface area contributed by atoms with E-state index in [0.717, 1.165) is 44.2 Å². The van der Waals surface area contributed by atoms with Crippen LogP contribution in [0.5, 0.6) is 0 Å². The van der Waals surface area contributed by atoms with Crippen molar-refractivity contribution in [2.45, 2.75) is 6.54 Å². The lowest BCUT2D eigenvalue weighted by Crippen LogP contribution is -2.43. The molecule has 0 saturated carbocycles. The fourth-order valence-corrected chi connectivity index (χ4v) is 2.74. The number of H-pyrrole nitrogens is 1. The molecule has 2 N–H and O–H groups in total. The minimum Gasteiger partial charge on any atom is -0.341 e.